The predicted molar refractivity (Wildman–Crippen MR) is 200 cm³/mol. The number of benzene rings is 2. The molecule has 2 aromatic rings. The number of fused-ring (bicyclic) bond motifs is 4. The van der Waals surface area contributed by atoms with E-state index < -0.39 is 0 Å². The topological polar surface area (TPSA) is 81.0 Å². The fourth-order valence-corrected chi connectivity index (χ4v) is 6.30. The minimum atomic E-state index is -0.144. The van der Waals surface area contributed by atoms with E-state index in [1.54, 1.807) is 6.20 Å². The maximum Gasteiger partial charge on any atom is 0.125 e. The summed E-state index contributed by atoms with van der Waals surface area (Å²) in [5.41, 5.74) is 22.5. The first-order valence-electron chi connectivity index (χ1n) is 16.3. The summed E-state index contributed by atoms with van der Waals surface area (Å²) >= 11 is 0. The zero-order valence-corrected chi connectivity index (χ0v) is 28.3. The lowest BCUT2D eigenvalue weighted by Crippen LogP contribution is -2.40. The molecule has 1 heterocycles. The Labute approximate surface area is 276 Å². The molecule has 0 amide bonds. The van der Waals surface area contributed by atoms with Gasteiger partial charge in [-0.3, -0.25) is 15.3 Å². The van der Waals surface area contributed by atoms with Crippen LogP contribution in [-0.4, -0.2) is 32.6 Å². The number of amidine groups is 1. The smallest absolute Gasteiger partial charge is 0.125 e. The molecule has 7 nitrogen and oxygen atoms in total. The number of hydrazine groups is 1. The lowest BCUT2D eigenvalue weighted by atomic mass is 9.81. The van der Waals surface area contributed by atoms with Gasteiger partial charge in [0, 0.05) is 42.8 Å². The van der Waals surface area contributed by atoms with Gasteiger partial charge in [0.1, 0.15) is 12.0 Å². The van der Waals surface area contributed by atoms with Crippen LogP contribution in [0.15, 0.2) is 109 Å². The number of aryl methyl sites for hydroxylation is 1. The van der Waals surface area contributed by atoms with Gasteiger partial charge < -0.3 is 21.4 Å². The molecule has 1 unspecified atom stereocenters. The summed E-state index contributed by atoms with van der Waals surface area (Å²) in [6.07, 6.45) is 20.7. The van der Waals surface area contributed by atoms with Crippen molar-refractivity contribution < 1.29 is 0 Å². The summed E-state index contributed by atoms with van der Waals surface area (Å²) in [7, 11) is 4.04. The minimum Gasteiger partial charge on any atom is -0.384 e. The maximum absolute atomic E-state index is 6.37. The van der Waals surface area contributed by atoms with E-state index in [9.17, 15) is 0 Å². The summed E-state index contributed by atoms with van der Waals surface area (Å²) < 4.78 is 0. The molecule has 0 saturated heterocycles. The van der Waals surface area contributed by atoms with Crippen molar-refractivity contribution in [3.63, 3.8) is 0 Å². The first-order chi connectivity index (χ1) is 22.3. The van der Waals surface area contributed by atoms with Crippen LogP contribution in [0.1, 0.15) is 55.9 Å². The number of anilines is 2. The van der Waals surface area contributed by atoms with Gasteiger partial charge in [0.15, 0.2) is 0 Å². The number of nitrogens with zero attached hydrogens (tertiary/aromatic N) is 3. The standard InChI is InChI=1S/C39H51N7/c1-9-14-31(42-12-4)18-15-28-16-19-32-33(38(28)45(8)44-22-10-2)20-17-29-25-34-27(6)24-30(39(40)43-13-5)21-23-46(37(11-3)41-7)36(34)26-35(29)32/h10-12,16,18-19,21-26,37,41-42,44H,3-4,6,9,13-15,17,20H2,1-2,5,7-8H3,(H2,40,43)/b22-10-,23-21-,30-24+,31-18+. The molecule has 0 aromatic heterocycles. The van der Waals surface area contributed by atoms with Crippen molar-refractivity contribution >= 4 is 22.8 Å². The van der Waals surface area contributed by atoms with Gasteiger partial charge in [0.05, 0.1) is 11.4 Å². The van der Waals surface area contributed by atoms with Crippen molar-refractivity contribution in [1.29, 1.82) is 0 Å². The highest BCUT2D eigenvalue weighted by molar-refractivity contribution is 6.03. The maximum atomic E-state index is 6.37. The van der Waals surface area contributed by atoms with Gasteiger partial charge in [-0.1, -0.05) is 63.4 Å². The molecule has 0 fully saturated rings. The molecule has 0 radical (unpaired) electrons. The molecule has 2 aliphatic rings. The molecule has 0 spiro atoms. The number of likely N-dealkylation sites (N-methyl/N-ethyl adjacent to an activating group) is 1. The lowest BCUT2D eigenvalue weighted by molar-refractivity contribution is 0.671. The summed E-state index contributed by atoms with van der Waals surface area (Å²) in [6.45, 7) is 19.3. The third-order valence-electron chi connectivity index (χ3n) is 8.48. The quantitative estimate of drug-likeness (QED) is 0.0773. The van der Waals surface area contributed by atoms with Crippen molar-refractivity contribution in [3.05, 3.63) is 127 Å². The third-order valence-corrected chi connectivity index (χ3v) is 8.48. The summed E-state index contributed by atoms with van der Waals surface area (Å²) in [6, 6.07) is 9.22. The molecule has 1 aliphatic heterocycles. The Balaban J connectivity index is 1.91. The summed E-state index contributed by atoms with van der Waals surface area (Å²) in [4.78, 5) is 6.66. The molecule has 2 aromatic carbocycles. The molecule has 1 aliphatic carbocycles. The van der Waals surface area contributed by atoms with Crippen LogP contribution in [-0.2, 0) is 19.3 Å². The van der Waals surface area contributed by atoms with Crippen molar-refractivity contribution in [2.45, 2.75) is 59.0 Å². The number of nitrogens with one attached hydrogen (secondary N) is 3. The van der Waals surface area contributed by atoms with Crippen LogP contribution in [0, 0.1) is 0 Å². The van der Waals surface area contributed by atoms with Gasteiger partial charge in [0.25, 0.3) is 0 Å². The SMILES string of the molecule is C=CN/C(=C/Cc1ccc2c(c1N(C)N/C=C\C)CCc1cc3c(cc1-2)N(C(C=C)NC)/C=C\C(C(N)=NCC)=C/C3=C)CCC. The molecule has 7 heteroatoms. The Morgan fingerprint density at radius 1 is 1.15 bits per heavy atom. The van der Waals surface area contributed by atoms with Crippen LogP contribution in [0.5, 0.6) is 0 Å². The van der Waals surface area contributed by atoms with E-state index in [0.29, 0.717) is 12.4 Å². The van der Waals surface area contributed by atoms with Gasteiger partial charge in [0.2, 0.25) is 0 Å². The summed E-state index contributed by atoms with van der Waals surface area (Å²) in [5.74, 6) is 0.505. The van der Waals surface area contributed by atoms with Crippen LogP contribution < -0.4 is 31.7 Å². The second-order valence-electron chi connectivity index (χ2n) is 11.5. The number of hydrogen-bond acceptors (Lipinski definition) is 6. The minimum absolute atomic E-state index is 0.144. The van der Waals surface area contributed by atoms with E-state index in [-0.39, 0.29) is 6.17 Å². The summed E-state index contributed by atoms with van der Waals surface area (Å²) in [5, 5.41) is 8.88. The molecule has 0 saturated carbocycles. The van der Waals surface area contributed by atoms with E-state index >= 15 is 0 Å². The van der Waals surface area contributed by atoms with E-state index in [1.807, 2.05) is 51.4 Å². The average molecular weight is 618 g/mol. The number of allylic oxidation sites excluding steroid dienone is 5. The van der Waals surface area contributed by atoms with Gasteiger partial charge in [-0.2, -0.15) is 0 Å². The van der Waals surface area contributed by atoms with Crippen molar-refractivity contribution in [1.82, 2.24) is 16.1 Å². The van der Waals surface area contributed by atoms with E-state index in [2.05, 4.69) is 101 Å². The second kappa shape index (κ2) is 16.0. The number of nitrogens with two attached hydrogens (primary N) is 1. The Kier molecular flexibility index (Phi) is 11.9. The van der Waals surface area contributed by atoms with Crippen LogP contribution in [0.2, 0.25) is 0 Å². The third kappa shape index (κ3) is 7.37. The monoisotopic (exact) mass is 617 g/mol. The largest absolute Gasteiger partial charge is 0.384 e. The van der Waals surface area contributed by atoms with Crippen molar-refractivity contribution in [3.8, 4) is 11.1 Å². The molecular weight excluding hydrogens is 566 g/mol. The van der Waals surface area contributed by atoms with Crippen LogP contribution in [0.25, 0.3) is 16.7 Å². The molecule has 46 heavy (non-hydrogen) atoms. The first kappa shape index (κ1) is 34.1. The Morgan fingerprint density at radius 3 is 2.63 bits per heavy atom. The average Bonchev–Trinajstić information content (AvgIpc) is 3.05. The van der Waals surface area contributed by atoms with Crippen LogP contribution >= 0.6 is 0 Å². The van der Waals surface area contributed by atoms with Crippen LogP contribution in [0.3, 0.4) is 0 Å². The van der Waals surface area contributed by atoms with E-state index in [4.69, 9.17) is 5.73 Å². The second-order valence-corrected chi connectivity index (χ2v) is 11.5. The lowest BCUT2D eigenvalue weighted by Gasteiger charge is -2.34. The highest BCUT2D eigenvalue weighted by atomic mass is 15.5. The molecule has 4 rings (SSSR count). The fourth-order valence-electron chi connectivity index (χ4n) is 6.30. The predicted octanol–water partition coefficient (Wildman–Crippen LogP) is 7.27. The fraction of sp³-hybridized carbons (Fsp3) is 0.308. The molecular formula is C39H51N7. The Morgan fingerprint density at radius 2 is 1.96 bits per heavy atom. The van der Waals surface area contributed by atoms with Crippen molar-refractivity contribution in [2.75, 3.05) is 30.5 Å². The van der Waals surface area contributed by atoms with Gasteiger partial charge in [-0.15, -0.1) is 0 Å². The molecule has 1 atom stereocenters. The van der Waals surface area contributed by atoms with Gasteiger partial charge >= 0.3 is 0 Å². The van der Waals surface area contributed by atoms with Crippen molar-refractivity contribution in [2.24, 2.45) is 10.7 Å². The van der Waals surface area contributed by atoms with Gasteiger partial charge in [-0.05, 0) is 110 Å². The highest BCUT2D eigenvalue weighted by Gasteiger charge is 2.27. The molecule has 0 bridgehead atoms. The molecule has 242 valence electrons. The zero-order chi connectivity index (χ0) is 33.2. The Bertz CT molecular complexity index is 1600. The number of rotatable bonds is 14. The van der Waals surface area contributed by atoms with Crippen LogP contribution in [0.4, 0.5) is 11.4 Å². The highest BCUT2D eigenvalue weighted by Crippen LogP contribution is 2.44. The normalized spacial score (nSPS) is 17.1. The van der Waals surface area contributed by atoms with E-state index in [0.717, 1.165) is 54.5 Å². The van der Waals surface area contributed by atoms with Gasteiger partial charge in [-0.25, -0.2) is 0 Å². The first-order valence-corrected chi connectivity index (χ1v) is 16.3. The Hall–Kier alpha value is -4.75. The number of aliphatic imine (C=N–C) groups is 1. The number of hydrogen-bond donors (Lipinski definition) is 4. The zero-order valence-electron chi connectivity index (χ0n) is 28.3. The van der Waals surface area contributed by atoms with E-state index in [1.165, 1.54) is 39.2 Å². The molecule has 5 N–H and O–H groups in total.